The molecule has 2 amide bonds. The van der Waals surface area contributed by atoms with E-state index in [2.05, 4.69) is 24.5 Å². The highest BCUT2D eigenvalue weighted by Crippen LogP contribution is 2.32. The minimum atomic E-state index is -0.129. The van der Waals surface area contributed by atoms with Crippen LogP contribution in [0.5, 0.6) is 11.5 Å². The Kier molecular flexibility index (Phi) is 8.25. The second kappa shape index (κ2) is 10.7. The number of hydrogen-bond donors (Lipinski definition) is 2. The number of fused-ring (bicyclic) bond motifs is 1. The Morgan fingerprint density at radius 1 is 1.08 bits per heavy atom. The molecule has 2 N–H and O–H groups in total. The first-order valence-electron chi connectivity index (χ1n) is 9.54. The molecule has 2 rings (SSSR count). The molecular weight excluding hydrogens is 332 g/mol. The summed E-state index contributed by atoms with van der Waals surface area (Å²) in [7, 11) is 0. The van der Waals surface area contributed by atoms with E-state index >= 15 is 0 Å². The first-order valence-corrected chi connectivity index (χ1v) is 9.54. The summed E-state index contributed by atoms with van der Waals surface area (Å²) in [5.74, 6) is 1.76. The number of rotatable bonds is 11. The molecule has 1 atom stereocenters. The molecule has 0 aromatic heterocycles. The average molecular weight is 362 g/mol. The molecule has 6 nitrogen and oxygen atoms in total. The maximum absolute atomic E-state index is 11.9. The van der Waals surface area contributed by atoms with Crippen molar-refractivity contribution >= 4 is 11.8 Å². The van der Waals surface area contributed by atoms with Crippen molar-refractivity contribution in [1.82, 2.24) is 10.6 Å². The van der Waals surface area contributed by atoms with E-state index in [0.717, 1.165) is 24.2 Å². The molecule has 1 aromatic rings. The molecule has 0 fully saturated rings. The fraction of sp³-hybridized carbons (Fsp3) is 0.600. The summed E-state index contributed by atoms with van der Waals surface area (Å²) < 4.78 is 10.6. The first-order chi connectivity index (χ1) is 12.6. The molecule has 1 aromatic carbocycles. The van der Waals surface area contributed by atoms with Gasteiger partial charge in [-0.25, -0.2) is 0 Å². The van der Waals surface area contributed by atoms with E-state index in [1.165, 1.54) is 12.8 Å². The zero-order chi connectivity index (χ0) is 18.8. The number of carbonyl (C=O) groups excluding carboxylic acids is 2. The lowest BCUT2D eigenvalue weighted by atomic mass is 9.99. The van der Waals surface area contributed by atoms with Crippen LogP contribution in [0.1, 0.15) is 57.9 Å². The largest absolute Gasteiger partial charge is 0.454 e. The van der Waals surface area contributed by atoms with Gasteiger partial charge >= 0.3 is 0 Å². The van der Waals surface area contributed by atoms with E-state index in [1.807, 2.05) is 18.2 Å². The maximum atomic E-state index is 11.9. The predicted octanol–water partition coefficient (Wildman–Crippen LogP) is 3.14. The summed E-state index contributed by atoms with van der Waals surface area (Å²) in [5.41, 5.74) is 0.939. The number of carbonyl (C=O) groups is 2. The number of hydrogen-bond acceptors (Lipinski definition) is 4. The molecule has 1 aliphatic rings. The standard InChI is InChI=1S/C20H30N2O4/c1-3-5-6-15(4-2)12-21-19(23)9-10-20(24)22-13-16-7-8-17-18(11-16)26-14-25-17/h7-8,11,15H,3-6,9-10,12-14H2,1-2H3,(H,21,23)(H,22,24)/t15-/m1/s1. The Labute approximate surface area is 155 Å². The van der Waals surface area contributed by atoms with Crippen LogP contribution in [0.4, 0.5) is 0 Å². The highest BCUT2D eigenvalue weighted by atomic mass is 16.7. The third-order valence-electron chi connectivity index (χ3n) is 4.64. The van der Waals surface area contributed by atoms with Crippen LogP contribution in [-0.4, -0.2) is 25.2 Å². The van der Waals surface area contributed by atoms with Crippen molar-refractivity contribution in [3.63, 3.8) is 0 Å². The molecule has 26 heavy (non-hydrogen) atoms. The highest BCUT2D eigenvalue weighted by molar-refractivity contribution is 5.83. The summed E-state index contributed by atoms with van der Waals surface area (Å²) in [6.07, 6.45) is 4.99. The van der Waals surface area contributed by atoms with Gasteiger partial charge in [0.25, 0.3) is 0 Å². The van der Waals surface area contributed by atoms with Crippen LogP contribution in [0.2, 0.25) is 0 Å². The fourth-order valence-corrected chi connectivity index (χ4v) is 2.86. The first kappa shape index (κ1) is 20.1. The van der Waals surface area contributed by atoms with Crippen LogP contribution in [-0.2, 0) is 16.1 Å². The SMILES string of the molecule is CCCC[C@@H](CC)CNC(=O)CCC(=O)NCc1ccc2c(c1)OCO2. The van der Waals surface area contributed by atoms with Gasteiger partial charge in [0.05, 0.1) is 0 Å². The molecule has 144 valence electrons. The van der Waals surface area contributed by atoms with Gasteiger partial charge in [0, 0.05) is 25.9 Å². The topological polar surface area (TPSA) is 76.7 Å². The van der Waals surface area contributed by atoms with Crippen molar-refractivity contribution in [1.29, 1.82) is 0 Å². The van der Waals surface area contributed by atoms with Crippen molar-refractivity contribution in [2.45, 2.75) is 58.9 Å². The average Bonchev–Trinajstić information content (AvgIpc) is 3.12. The quantitative estimate of drug-likeness (QED) is 0.634. The van der Waals surface area contributed by atoms with Gasteiger partial charge in [-0.05, 0) is 30.0 Å². The van der Waals surface area contributed by atoms with Crippen LogP contribution in [0, 0.1) is 5.92 Å². The fourth-order valence-electron chi connectivity index (χ4n) is 2.86. The Hall–Kier alpha value is -2.24. The summed E-state index contributed by atoms with van der Waals surface area (Å²) >= 11 is 0. The lowest BCUT2D eigenvalue weighted by molar-refractivity contribution is -0.126. The summed E-state index contributed by atoms with van der Waals surface area (Å²) in [6.45, 7) is 5.67. The van der Waals surface area contributed by atoms with E-state index in [1.54, 1.807) is 0 Å². The number of ether oxygens (including phenoxy) is 2. The molecule has 0 bridgehead atoms. The van der Waals surface area contributed by atoms with Crippen molar-refractivity contribution in [3.8, 4) is 11.5 Å². The van der Waals surface area contributed by atoms with E-state index < -0.39 is 0 Å². The number of nitrogens with one attached hydrogen (secondary N) is 2. The zero-order valence-corrected chi connectivity index (χ0v) is 15.8. The smallest absolute Gasteiger partial charge is 0.231 e. The van der Waals surface area contributed by atoms with Crippen molar-refractivity contribution in [2.75, 3.05) is 13.3 Å². The monoisotopic (exact) mass is 362 g/mol. The van der Waals surface area contributed by atoms with Crippen molar-refractivity contribution in [2.24, 2.45) is 5.92 Å². The summed E-state index contributed by atoms with van der Waals surface area (Å²) in [4.78, 5) is 23.9. The van der Waals surface area contributed by atoms with Gasteiger partial charge in [-0.1, -0.05) is 39.2 Å². The second-order valence-corrected chi connectivity index (χ2v) is 6.68. The molecule has 0 saturated heterocycles. The lowest BCUT2D eigenvalue weighted by Gasteiger charge is -2.15. The number of amides is 2. The molecule has 0 unspecified atom stereocenters. The van der Waals surface area contributed by atoms with E-state index in [0.29, 0.717) is 24.8 Å². The minimum Gasteiger partial charge on any atom is -0.454 e. The molecule has 1 aliphatic heterocycles. The number of benzene rings is 1. The van der Waals surface area contributed by atoms with Gasteiger partial charge in [-0.3, -0.25) is 9.59 Å². The van der Waals surface area contributed by atoms with E-state index in [9.17, 15) is 9.59 Å². The van der Waals surface area contributed by atoms with Crippen molar-refractivity contribution < 1.29 is 19.1 Å². The van der Waals surface area contributed by atoms with Gasteiger partial charge < -0.3 is 20.1 Å². The van der Waals surface area contributed by atoms with Crippen molar-refractivity contribution in [3.05, 3.63) is 23.8 Å². The molecule has 0 aliphatic carbocycles. The Bertz CT molecular complexity index is 603. The van der Waals surface area contributed by atoms with Crippen LogP contribution in [0.3, 0.4) is 0 Å². The van der Waals surface area contributed by atoms with Gasteiger partial charge in [0.1, 0.15) is 0 Å². The molecule has 6 heteroatoms. The summed E-state index contributed by atoms with van der Waals surface area (Å²) in [6, 6.07) is 5.58. The van der Waals surface area contributed by atoms with E-state index in [4.69, 9.17) is 9.47 Å². The highest BCUT2D eigenvalue weighted by Gasteiger charge is 2.14. The van der Waals surface area contributed by atoms with Gasteiger partial charge in [0.2, 0.25) is 18.6 Å². The van der Waals surface area contributed by atoms with E-state index in [-0.39, 0.29) is 31.4 Å². The molecule has 0 spiro atoms. The zero-order valence-electron chi connectivity index (χ0n) is 15.8. The van der Waals surface area contributed by atoms with Gasteiger partial charge in [-0.15, -0.1) is 0 Å². The maximum Gasteiger partial charge on any atom is 0.231 e. The van der Waals surface area contributed by atoms with Crippen LogP contribution >= 0.6 is 0 Å². The van der Waals surface area contributed by atoms with Gasteiger partial charge in [-0.2, -0.15) is 0 Å². The molecule has 1 heterocycles. The Balaban J connectivity index is 1.62. The van der Waals surface area contributed by atoms with Gasteiger partial charge in [0.15, 0.2) is 11.5 Å². The minimum absolute atomic E-state index is 0.0572. The second-order valence-electron chi connectivity index (χ2n) is 6.68. The predicted molar refractivity (Wildman–Crippen MR) is 100.0 cm³/mol. The third-order valence-corrected chi connectivity index (χ3v) is 4.64. The lowest BCUT2D eigenvalue weighted by Crippen LogP contribution is -2.31. The van der Waals surface area contributed by atoms with Crippen LogP contribution in [0.15, 0.2) is 18.2 Å². The third kappa shape index (κ3) is 6.58. The normalized spacial score (nSPS) is 13.3. The number of unbranched alkanes of at least 4 members (excludes halogenated alkanes) is 1. The molecular formula is C20H30N2O4. The summed E-state index contributed by atoms with van der Waals surface area (Å²) in [5, 5.41) is 5.78. The van der Waals surface area contributed by atoms with Crippen LogP contribution in [0.25, 0.3) is 0 Å². The molecule has 0 radical (unpaired) electrons. The Morgan fingerprint density at radius 2 is 1.81 bits per heavy atom. The Morgan fingerprint density at radius 3 is 2.54 bits per heavy atom. The molecule has 0 saturated carbocycles. The van der Waals surface area contributed by atoms with Crippen LogP contribution < -0.4 is 20.1 Å².